The molecule has 1 aromatic heterocycles. The van der Waals surface area contributed by atoms with Gasteiger partial charge >= 0.3 is 0 Å². The topological polar surface area (TPSA) is 87.0 Å². The van der Waals surface area contributed by atoms with Gasteiger partial charge in [-0.3, -0.25) is 9.78 Å². The second kappa shape index (κ2) is 8.96. The number of rotatable bonds is 7. The Morgan fingerprint density at radius 3 is 2.67 bits per heavy atom. The molecular formula is C18H18N4O2. The Labute approximate surface area is 140 Å². The summed E-state index contributed by atoms with van der Waals surface area (Å²) in [7, 11) is 1.61. The van der Waals surface area contributed by atoms with Gasteiger partial charge in [0.15, 0.2) is 0 Å². The molecule has 2 rings (SSSR count). The number of hydrogen-bond acceptors (Lipinski definition) is 5. The quantitative estimate of drug-likeness (QED) is 0.600. The van der Waals surface area contributed by atoms with Gasteiger partial charge in [0, 0.05) is 31.7 Å². The van der Waals surface area contributed by atoms with E-state index in [1.54, 1.807) is 25.6 Å². The van der Waals surface area contributed by atoms with Gasteiger partial charge in [-0.05, 0) is 29.3 Å². The Bertz CT molecular complexity index is 734. The molecule has 1 amide bonds. The van der Waals surface area contributed by atoms with Crippen molar-refractivity contribution in [3.05, 3.63) is 71.7 Å². The van der Waals surface area contributed by atoms with Crippen molar-refractivity contribution in [2.24, 2.45) is 0 Å². The molecule has 6 nitrogen and oxygen atoms in total. The molecule has 2 aromatic rings. The number of nitriles is 1. The molecule has 0 aliphatic rings. The van der Waals surface area contributed by atoms with Crippen LogP contribution in [0.5, 0.6) is 5.75 Å². The smallest absolute Gasteiger partial charge is 0.263 e. The van der Waals surface area contributed by atoms with E-state index in [9.17, 15) is 4.79 Å². The molecule has 0 atom stereocenters. The van der Waals surface area contributed by atoms with Gasteiger partial charge in [-0.25, -0.2) is 0 Å². The van der Waals surface area contributed by atoms with Gasteiger partial charge in [-0.1, -0.05) is 18.2 Å². The van der Waals surface area contributed by atoms with Crippen molar-refractivity contribution in [2.75, 3.05) is 7.11 Å². The molecule has 6 heteroatoms. The lowest BCUT2D eigenvalue weighted by atomic mass is 10.2. The van der Waals surface area contributed by atoms with Crippen LogP contribution in [0, 0.1) is 11.3 Å². The lowest BCUT2D eigenvalue weighted by Gasteiger charge is -2.06. The molecule has 0 unspecified atom stereocenters. The van der Waals surface area contributed by atoms with Crippen molar-refractivity contribution in [1.82, 2.24) is 15.6 Å². The lowest BCUT2D eigenvalue weighted by Crippen LogP contribution is -2.25. The number of nitrogens with zero attached hydrogens (tertiary/aromatic N) is 2. The van der Waals surface area contributed by atoms with Crippen LogP contribution in [0.25, 0.3) is 0 Å². The van der Waals surface area contributed by atoms with Crippen LogP contribution in [0.4, 0.5) is 0 Å². The number of benzene rings is 1. The van der Waals surface area contributed by atoms with Crippen molar-refractivity contribution in [1.29, 1.82) is 5.26 Å². The van der Waals surface area contributed by atoms with E-state index in [0.717, 1.165) is 16.9 Å². The molecule has 24 heavy (non-hydrogen) atoms. The van der Waals surface area contributed by atoms with E-state index >= 15 is 0 Å². The van der Waals surface area contributed by atoms with Gasteiger partial charge in [0.05, 0.1) is 7.11 Å². The van der Waals surface area contributed by atoms with Crippen LogP contribution in [0.1, 0.15) is 11.1 Å². The van der Waals surface area contributed by atoms with Crippen LogP contribution in [-0.4, -0.2) is 18.0 Å². The number of nitrogens with one attached hydrogen (secondary N) is 2. The fourth-order valence-electron chi connectivity index (χ4n) is 1.94. The van der Waals surface area contributed by atoms with Crippen molar-refractivity contribution in [3.63, 3.8) is 0 Å². The molecule has 0 bridgehead atoms. The first-order chi connectivity index (χ1) is 11.7. The summed E-state index contributed by atoms with van der Waals surface area (Å²) >= 11 is 0. The van der Waals surface area contributed by atoms with Gasteiger partial charge in [0.25, 0.3) is 5.91 Å². The van der Waals surface area contributed by atoms with E-state index in [2.05, 4.69) is 15.6 Å². The number of carbonyl (C=O) groups excluding carboxylic acids is 1. The van der Waals surface area contributed by atoms with E-state index < -0.39 is 5.91 Å². The van der Waals surface area contributed by atoms with Gasteiger partial charge in [0.2, 0.25) is 0 Å². The largest absolute Gasteiger partial charge is 0.497 e. The highest BCUT2D eigenvalue weighted by molar-refractivity contribution is 5.97. The first-order valence-electron chi connectivity index (χ1n) is 7.36. The maximum atomic E-state index is 12.0. The molecule has 0 aliphatic carbocycles. The van der Waals surface area contributed by atoms with Gasteiger partial charge in [0.1, 0.15) is 17.4 Å². The predicted molar refractivity (Wildman–Crippen MR) is 89.6 cm³/mol. The summed E-state index contributed by atoms with van der Waals surface area (Å²) in [6, 6.07) is 13.1. The summed E-state index contributed by atoms with van der Waals surface area (Å²) in [5, 5.41) is 14.8. The van der Waals surface area contributed by atoms with Gasteiger partial charge in [-0.2, -0.15) is 5.26 Å². The Balaban J connectivity index is 1.86. The molecule has 1 aromatic carbocycles. The zero-order chi connectivity index (χ0) is 17.2. The number of methoxy groups -OCH3 is 1. The Hall–Kier alpha value is -3.33. The minimum Gasteiger partial charge on any atom is -0.497 e. The van der Waals surface area contributed by atoms with Crippen molar-refractivity contribution >= 4 is 5.91 Å². The van der Waals surface area contributed by atoms with Crippen molar-refractivity contribution in [3.8, 4) is 11.8 Å². The summed E-state index contributed by atoms with van der Waals surface area (Å²) in [5.74, 6) is 0.352. The first kappa shape index (κ1) is 17.0. The van der Waals surface area contributed by atoms with E-state index in [1.807, 2.05) is 36.4 Å². The molecule has 0 aliphatic heterocycles. The molecule has 1 heterocycles. The van der Waals surface area contributed by atoms with Crippen LogP contribution in [0.3, 0.4) is 0 Å². The lowest BCUT2D eigenvalue weighted by molar-refractivity contribution is -0.117. The molecule has 0 radical (unpaired) electrons. The van der Waals surface area contributed by atoms with Crippen molar-refractivity contribution in [2.45, 2.75) is 13.1 Å². The second-order valence-electron chi connectivity index (χ2n) is 4.94. The molecule has 122 valence electrons. The van der Waals surface area contributed by atoms with Crippen LogP contribution in [0.15, 0.2) is 60.6 Å². The highest BCUT2D eigenvalue weighted by atomic mass is 16.5. The van der Waals surface area contributed by atoms with E-state index in [-0.39, 0.29) is 5.57 Å². The normalized spacial score (nSPS) is 10.6. The molecular weight excluding hydrogens is 304 g/mol. The summed E-state index contributed by atoms with van der Waals surface area (Å²) in [4.78, 5) is 16.0. The molecule has 0 fully saturated rings. The summed E-state index contributed by atoms with van der Waals surface area (Å²) < 4.78 is 5.09. The minimum atomic E-state index is -0.427. The van der Waals surface area contributed by atoms with Crippen molar-refractivity contribution < 1.29 is 9.53 Å². The number of pyridine rings is 1. The van der Waals surface area contributed by atoms with E-state index in [4.69, 9.17) is 10.00 Å². The molecule has 0 spiro atoms. The number of ether oxygens (including phenoxy) is 1. The average molecular weight is 322 g/mol. The Morgan fingerprint density at radius 1 is 1.25 bits per heavy atom. The van der Waals surface area contributed by atoms with E-state index in [1.165, 1.54) is 6.20 Å². The van der Waals surface area contributed by atoms with Crippen LogP contribution < -0.4 is 15.4 Å². The molecule has 0 saturated heterocycles. The number of hydrogen-bond donors (Lipinski definition) is 2. The molecule has 2 N–H and O–H groups in total. The third-order valence-electron chi connectivity index (χ3n) is 3.25. The van der Waals surface area contributed by atoms with E-state index in [0.29, 0.717) is 13.1 Å². The maximum Gasteiger partial charge on any atom is 0.263 e. The highest BCUT2D eigenvalue weighted by Gasteiger charge is 2.08. The fraction of sp³-hybridized carbons (Fsp3) is 0.167. The standard InChI is InChI=1S/C18H18N4O2/c1-24-17-6-4-14(5-7-17)10-21-13-16(9-19)18(23)22-12-15-3-2-8-20-11-15/h2-8,11,13,21H,10,12H2,1H3,(H,22,23)/b16-13-. The zero-order valence-electron chi connectivity index (χ0n) is 13.3. The predicted octanol–water partition coefficient (Wildman–Crippen LogP) is 1.90. The average Bonchev–Trinajstić information content (AvgIpc) is 2.64. The monoisotopic (exact) mass is 322 g/mol. The Kier molecular flexibility index (Phi) is 6.35. The summed E-state index contributed by atoms with van der Waals surface area (Å²) in [6.07, 6.45) is 4.75. The minimum absolute atomic E-state index is 0.0207. The summed E-state index contributed by atoms with van der Waals surface area (Å²) in [6.45, 7) is 0.829. The maximum absolute atomic E-state index is 12.0. The SMILES string of the molecule is COc1ccc(CN/C=C(/C#N)C(=O)NCc2cccnc2)cc1. The van der Waals surface area contributed by atoms with Crippen LogP contribution in [0.2, 0.25) is 0 Å². The van der Waals surface area contributed by atoms with Crippen LogP contribution >= 0.6 is 0 Å². The van der Waals surface area contributed by atoms with Gasteiger partial charge in [-0.15, -0.1) is 0 Å². The van der Waals surface area contributed by atoms with Crippen LogP contribution in [-0.2, 0) is 17.9 Å². The fourth-order valence-corrected chi connectivity index (χ4v) is 1.94. The summed E-state index contributed by atoms with van der Waals surface area (Å²) in [5.41, 5.74) is 1.90. The molecule has 0 saturated carbocycles. The Morgan fingerprint density at radius 2 is 2.04 bits per heavy atom. The second-order valence-corrected chi connectivity index (χ2v) is 4.94. The number of aromatic nitrogens is 1. The number of amides is 1. The third-order valence-corrected chi connectivity index (χ3v) is 3.25. The van der Waals surface area contributed by atoms with Gasteiger partial charge < -0.3 is 15.4 Å². The highest BCUT2D eigenvalue weighted by Crippen LogP contribution is 2.10. The number of carbonyl (C=O) groups is 1. The first-order valence-corrected chi connectivity index (χ1v) is 7.36. The third kappa shape index (κ3) is 5.14. The zero-order valence-corrected chi connectivity index (χ0v) is 13.3.